The van der Waals surface area contributed by atoms with Gasteiger partial charge in [-0.3, -0.25) is 9.59 Å². The fourth-order valence-corrected chi connectivity index (χ4v) is 9.05. The van der Waals surface area contributed by atoms with Gasteiger partial charge in [0.05, 0.1) is 25.4 Å². The molecule has 2 atom stereocenters. The molecule has 0 aliphatic carbocycles. The largest absolute Gasteiger partial charge is 0.466 e. The van der Waals surface area contributed by atoms with E-state index in [0.29, 0.717) is 25.9 Å². The molecule has 0 aliphatic rings. The molecule has 0 fully saturated rings. The van der Waals surface area contributed by atoms with Crippen molar-refractivity contribution in [2.75, 3.05) is 13.2 Å². The summed E-state index contributed by atoms with van der Waals surface area (Å²) in [6, 6.07) is -0.551. The molecule has 0 aliphatic heterocycles. The van der Waals surface area contributed by atoms with E-state index in [9.17, 15) is 19.8 Å². The van der Waals surface area contributed by atoms with Gasteiger partial charge in [-0.25, -0.2) is 0 Å². The molecule has 62 heavy (non-hydrogen) atoms. The summed E-state index contributed by atoms with van der Waals surface area (Å²) in [4.78, 5) is 24.5. The zero-order valence-corrected chi connectivity index (χ0v) is 42.1. The third kappa shape index (κ3) is 48.3. The van der Waals surface area contributed by atoms with E-state index < -0.39 is 12.1 Å². The number of ether oxygens (including phenoxy) is 1. The first kappa shape index (κ1) is 60.9. The highest BCUT2D eigenvalue weighted by Crippen LogP contribution is 2.18. The zero-order valence-electron chi connectivity index (χ0n) is 42.1. The third-order valence-electron chi connectivity index (χ3n) is 13.4. The molecule has 0 saturated carbocycles. The van der Waals surface area contributed by atoms with Gasteiger partial charge in [0.2, 0.25) is 5.91 Å². The van der Waals surface area contributed by atoms with Crippen LogP contribution in [0.2, 0.25) is 0 Å². The van der Waals surface area contributed by atoms with Crippen LogP contribution in [-0.2, 0) is 14.3 Å². The Bertz CT molecular complexity index is 882. The molecule has 0 aromatic rings. The first-order valence-electron chi connectivity index (χ1n) is 28.3. The van der Waals surface area contributed by atoms with Crippen LogP contribution in [0.15, 0.2) is 0 Å². The Balaban J connectivity index is 3.41. The molecule has 0 bridgehead atoms. The third-order valence-corrected chi connectivity index (χ3v) is 13.4. The second-order valence-corrected chi connectivity index (χ2v) is 19.6. The standard InChI is InChI=1S/C56H111NO5/c1-3-5-7-9-11-13-15-17-19-20-21-22-23-25-30-34-38-42-46-50-56(61)62-51-47-43-39-35-31-27-26-29-33-37-41-45-49-55(60)57-53(52-58)54(59)48-44-40-36-32-28-24-18-16-14-12-10-8-6-4-2/h53-54,58-59H,3-52H2,1-2H3,(H,57,60). The molecule has 370 valence electrons. The lowest BCUT2D eigenvalue weighted by molar-refractivity contribution is -0.143. The van der Waals surface area contributed by atoms with Crippen LogP contribution in [-0.4, -0.2) is 47.4 Å². The minimum Gasteiger partial charge on any atom is -0.466 e. The zero-order chi connectivity index (χ0) is 45.1. The van der Waals surface area contributed by atoms with E-state index in [1.165, 1.54) is 231 Å². The van der Waals surface area contributed by atoms with E-state index in [-0.39, 0.29) is 18.5 Å². The highest BCUT2D eigenvalue weighted by Gasteiger charge is 2.20. The summed E-state index contributed by atoms with van der Waals surface area (Å²) >= 11 is 0. The second-order valence-electron chi connectivity index (χ2n) is 19.6. The molecule has 0 radical (unpaired) electrons. The summed E-state index contributed by atoms with van der Waals surface area (Å²) in [5.41, 5.74) is 0. The number of hydrogen-bond acceptors (Lipinski definition) is 5. The van der Waals surface area contributed by atoms with Gasteiger partial charge in [0, 0.05) is 12.8 Å². The maximum absolute atomic E-state index is 12.5. The highest BCUT2D eigenvalue weighted by molar-refractivity contribution is 5.76. The van der Waals surface area contributed by atoms with Gasteiger partial charge in [-0.1, -0.05) is 284 Å². The van der Waals surface area contributed by atoms with Gasteiger partial charge < -0.3 is 20.3 Å². The van der Waals surface area contributed by atoms with Crippen molar-refractivity contribution in [3.05, 3.63) is 0 Å². The average molecular weight is 879 g/mol. The van der Waals surface area contributed by atoms with Gasteiger partial charge in [0.1, 0.15) is 0 Å². The Labute approximate surface area is 387 Å². The lowest BCUT2D eigenvalue weighted by Gasteiger charge is -2.22. The van der Waals surface area contributed by atoms with Crippen molar-refractivity contribution in [3.63, 3.8) is 0 Å². The van der Waals surface area contributed by atoms with Crippen LogP contribution >= 0.6 is 0 Å². The number of carbonyl (C=O) groups excluding carboxylic acids is 2. The summed E-state index contributed by atoms with van der Waals surface area (Å²) in [7, 11) is 0. The van der Waals surface area contributed by atoms with Crippen LogP contribution in [0.4, 0.5) is 0 Å². The van der Waals surface area contributed by atoms with Crippen LogP contribution in [0, 0.1) is 0 Å². The molecule has 0 heterocycles. The minimum absolute atomic E-state index is 0.00356. The van der Waals surface area contributed by atoms with Crippen molar-refractivity contribution in [3.8, 4) is 0 Å². The molecular formula is C56H111NO5. The predicted octanol–water partition coefficient (Wildman–Crippen LogP) is 17.1. The van der Waals surface area contributed by atoms with E-state index in [4.69, 9.17) is 4.74 Å². The van der Waals surface area contributed by atoms with E-state index >= 15 is 0 Å². The lowest BCUT2D eigenvalue weighted by atomic mass is 10.0. The van der Waals surface area contributed by atoms with Gasteiger partial charge in [0.25, 0.3) is 0 Å². The van der Waals surface area contributed by atoms with Gasteiger partial charge in [-0.2, -0.15) is 0 Å². The number of hydrogen-bond donors (Lipinski definition) is 3. The summed E-state index contributed by atoms with van der Waals surface area (Å²) < 4.78 is 5.48. The maximum atomic E-state index is 12.5. The van der Waals surface area contributed by atoms with Gasteiger partial charge >= 0.3 is 5.97 Å². The van der Waals surface area contributed by atoms with Gasteiger partial charge in [0.15, 0.2) is 0 Å². The molecule has 0 spiro atoms. The highest BCUT2D eigenvalue weighted by atomic mass is 16.5. The molecule has 0 aromatic heterocycles. The summed E-state index contributed by atoms with van der Waals surface area (Å²) in [6.07, 6.45) is 59.4. The van der Waals surface area contributed by atoms with Gasteiger partial charge in [-0.05, 0) is 25.7 Å². The fourth-order valence-electron chi connectivity index (χ4n) is 9.05. The molecule has 1 amide bonds. The normalized spacial score (nSPS) is 12.5. The van der Waals surface area contributed by atoms with Crippen molar-refractivity contribution in [1.29, 1.82) is 0 Å². The topological polar surface area (TPSA) is 95.9 Å². The van der Waals surface area contributed by atoms with E-state index in [1.807, 2.05) is 0 Å². The predicted molar refractivity (Wildman–Crippen MR) is 269 cm³/mol. The summed E-state index contributed by atoms with van der Waals surface area (Å²) in [6.45, 7) is 4.94. The number of carbonyl (C=O) groups is 2. The molecule has 0 saturated heterocycles. The van der Waals surface area contributed by atoms with Crippen LogP contribution in [0.5, 0.6) is 0 Å². The first-order valence-corrected chi connectivity index (χ1v) is 28.3. The number of rotatable bonds is 53. The van der Waals surface area contributed by atoms with Crippen molar-refractivity contribution < 1.29 is 24.5 Å². The van der Waals surface area contributed by atoms with Gasteiger partial charge in [-0.15, -0.1) is 0 Å². The lowest BCUT2D eigenvalue weighted by Crippen LogP contribution is -2.45. The first-order chi connectivity index (χ1) is 30.5. The fraction of sp³-hybridized carbons (Fsp3) is 0.964. The Morgan fingerprint density at radius 3 is 0.984 bits per heavy atom. The van der Waals surface area contributed by atoms with Crippen molar-refractivity contribution in [2.45, 2.75) is 334 Å². The molecule has 0 rings (SSSR count). The number of aliphatic hydroxyl groups excluding tert-OH is 2. The van der Waals surface area contributed by atoms with E-state index in [1.54, 1.807) is 0 Å². The number of aliphatic hydroxyl groups is 2. The molecule has 0 aromatic carbocycles. The Kier molecular flexibility index (Phi) is 51.5. The molecule has 3 N–H and O–H groups in total. The Morgan fingerprint density at radius 2 is 0.661 bits per heavy atom. The van der Waals surface area contributed by atoms with E-state index in [0.717, 1.165) is 57.8 Å². The molecule has 2 unspecified atom stereocenters. The monoisotopic (exact) mass is 878 g/mol. The number of nitrogens with one attached hydrogen (secondary N) is 1. The van der Waals surface area contributed by atoms with E-state index in [2.05, 4.69) is 19.2 Å². The summed E-state index contributed by atoms with van der Waals surface area (Å²) in [5.74, 6) is -0.0515. The Morgan fingerprint density at radius 1 is 0.387 bits per heavy atom. The maximum Gasteiger partial charge on any atom is 0.305 e. The van der Waals surface area contributed by atoms with Crippen molar-refractivity contribution in [2.24, 2.45) is 0 Å². The second kappa shape index (κ2) is 52.5. The molecule has 6 nitrogen and oxygen atoms in total. The number of esters is 1. The minimum atomic E-state index is -0.672. The van der Waals surface area contributed by atoms with Crippen LogP contribution in [0.25, 0.3) is 0 Å². The SMILES string of the molecule is CCCCCCCCCCCCCCCCCCCCCC(=O)OCCCCCCCCCCCCCCC(=O)NC(CO)C(O)CCCCCCCCCCCCCCCC. The summed E-state index contributed by atoms with van der Waals surface area (Å²) in [5, 5.41) is 23.2. The molecule has 6 heteroatoms. The van der Waals surface area contributed by atoms with Crippen LogP contribution in [0.1, 0.15) is 322 Å². The number of unbranched alkanes of at least 4 members (excludes halogenated alkanes) is 42. The van der Waals surface area contributed by atoms with Crippen molar-refractivity contribution in [1.82, 2.24) is 5.32 Å². The van der Waals surface area contributed by atoms with Crippen LogP contribution < -0.4 is 5.32 Å². The molecular weight excluding hydrogens is 767 g/mol. The quantitative estimate of drug-likeness (QED) is 0.0418. The Hall–Kier alpha value is -1.14. The van der Waals surface area contributed by atoms with Crippen LogP contribution in [0.3, 0.4) is 0 Å². The smallest absolute Gasteiger partial charge is 0.305 e. The van der Waals surface area contributed by atoms with Crippen molar-refractivity contribution >= 4 is 11.9 Å². The average Bonchev–Trinajstić information content (AvgIpc) is 3.27. The number of amides is 1.